The lowest BCUT2D eigenvalue weighted by molar-refractivity contribution is 0.103. The van der Waals surface area contributed by atoms with E-state index in [0.29, 0.717) is 16.3 Å². The summed E-state index contributed by atoms with van der Waals surface area (Å²) in [7, 11) is 0. The van der Waals surface area contributed by atoms with Crippen LogP contribution in [0.3, 0.4) is 0 Å². The first kappa shape index (κ1) is 14.0. The van der Waals surface area contributed by atoms with Crippen LogP contribution in [0, 0.1) is 5.82 Å². The summed E-state index contributed by atoms with van der Waals surface area (Å²) in [4.78, 5) is 12.7. The molecule has 3 rings (SSSR count). The minimum absolute atomic E-state index is 0.338. The maximum atomic E-state index is 13.1. The zero-order valence-electron chi connectivity index (χ0n) is 10.7. The highest BCUT2D eigenvalue weighted by molar-refractivity contribution is 9.10. The lowest BCUT2D eigenvalue weighted by atomic mass is 10.2. The molecule has 3 N–H and O–H groups in total. The third-order valence-corrected chi connectivity index (χ3v) is 4.64. The molecule has 6 heteroatoms. The van der Waals surface area contributed by atoms with E-state index in [1.54, 1.807) is 6.07 Å². The molecular weight excluding hydrogens is 355 g/mol. The molecule has 0 saturated heterocycles. The topological polar surface area (TPSA) is 55.1 Å². The molecule has 0 atom stereocenters. The van der Waals surface area contributed by atoms with Gasteiger partial charge in [0.15, 0.2) is 0 Å². The number of hydrogen-bond donors (Lipinski definition) is 2. The molecule has 21 heavy (non-hydrogen) atoms. The maximum Gasteiger partial charge on any atom is 0.267 e. The fraction of sp³-hybridized carbons (Fsp3) is 0. The van der Waals surface area contributed by atoms with Crippen LogP contribution >= 0.6 is 27.3 Å². The van der Waals surface area contributed by atoms with Crippen LogP contribution in [0.15, 0.2) is 46.9 Å². The van der Waals surface area contributed by atoms with Crippen LogP contribution < -0.4 is 11.1 Å². The van der Waals surface area contributed by atoms with Crippen molar-refractivity contribution in [2.75, 3.05) is 11.1 Å². The van der Waals surface area contributed by atoms with Gasteiger partial charge in [-0.2, -0.15) is 0 Å². The van der Waals surface area contributed by atoms with Gasteiger partial charge in [-0.3, -0.25) is 4.79 Å². The predicted octanol–water partition coefficient (Wildman–Crippen LogP) is 4.64. The highest BCUT2D eigenvalue weighted by Gasteiger charge is 2.16. The summed E-state index contributed by atoms with van der Waals surface area (Å²) in [5.74, 6) is -0.739. The van der Waals surface area contributed by atoms with Crippen LogP contribution in [0.2, 0.25) is 0 Å². The van der Waals surface area contributed by atoms with Gasteiger partial charge in [0.25, 0.3) is 5.91 Å². The lowest BCUT2D eigenvalue weighted by Gasteiger charge is -2.04. The van der Waals surface area contributed by atoms with Crippen molar-refractivity contribution in [1.29, 1.82) is 0 Å². The number of nitrogens with two attached hydrogens (primary N) is 1. The van der Waals surface area contributed by atoms with E-state index in [0.717, 1.165) is 14.6 Å². The number of amides is 1. The van der Waals surface area contributed by atoms with Crippen molar-refractivity contribution in [3.63, 3.8) is 0 Å². The lowest BCUT2D eigenvalue weighted by Crippen LogP contribution is -2.11. The molecule has 2 aromatic carbocycles. The van der Waals surface area contributed by atoms with Gasteiger partial charge < -0.3 is 11.1 Å². The fourth-order valence-corrected chi connectivity index (χ4v) is 3.58. The van der Waals surface area contributed by atoms with E-state index in [4.69, 9.17) is 5.73 Å². The number of nitrogen functional groups attached to an aromatic ring is 1. The number of thiophene rings is 1. The van der Waals surface area contributed by atoms with Gasteiger partial charge in [0, 0.05) is 20.2 Å². The van der Waals surface area contributed by atoms with E-state index in [9.17, 15) is 9.18 Å². The number of nitrogens with one attached hydrogen (secondary N) is 1. The van der Waals surface area contributed by atoms with Crippen LogP contribution in [-0.2, 0) is 0 Å². The van der Waals surface area contributed by atoms with Crippen molar-refractivity contribution in [2.24, 2.45) is 0 Å². The summed E-state index contributed by atoms with van der Waals surface area (Å²) in [5.41, 5.74) is 6.88. The van der Waals surface area contributed by atoms with Gasteiger partial charge in [0.05, 0.1) is 5.69 Å². The third kappa shape index (κ3) is 2.77. The van der Waals surface area contributed by atoms with Crippen LogP contribution in [0.4, 0.5) is 15.8 Å². The summed E-state index contributed by atoms with van der Waals surface area (Å²) in [5, 5.41) is 3.50. The summed E-state index contributed by atoms with van der Waals surface area (Å²) < 4.78 is 15.0. The first-order chi connectivity index (χ1) is 10.0. The number of benzene rings is 2. The number of fused-ring (bicyclic) bond motifs is 1. The fourth-order valence-electron chi connectivity index (χ4n) is 2.01. The molecule has 3 nitrogen and oxygen atoms in total. The molecule has 1 aromatic heterocycles. The molecule has 0 spiro atoms. The number of anilines is 2. The summed E-state index contributed by atoms with van der Waals surface area (Å²) in [6, 6.07) is 11.4. The molecule has 0 fully saturated rings. The van der Waals surface area contributed by atoms with E-state index < -0.39 is 5.82 Å². The predicted molar refractivity (Wildman–Crippen MR) is 88.3 cm³/mol. The molecule has 0 aliphatic heterocycles. The summed E-state index contributed by atoms with van der Waals surface area (Å²) >= 11 is 4.70. The Labute approximate surface area is 132 Å². The smallest absolute Gasteiger partial charge is 0.267 e. The number of halogens is 2. The van der Waals surface area contributed by atoms with E-state index in [1.165, 1.54) is 29.5 Å². The Morgan fingerprint density at radius 1 is 1.24 bits per heavy atom. The number of rotatable bonds is 2. The zero-order chi connectivity index (χ0) is 15.0. The van der Waals surface area contributed by atoms with Gasteiger partial charge in [-0.15, -0.1) is 11.3 Å². The zero-order valence-corrected chi connectivity index (χ0v) is 13.1. The second kappa shape index (κ2) is 5.46. The third-order valence-electron chi connectivity index (χ3n) is 2.98. The van der Waals surface area contributed by atoms with Crippen LogP contribution in [0.1, 0.15) is 9.67 Å². The van der Waals surface area contributed by atoms with Gasteiger partial charge in [-0.05, 0) is 30.3 Å². The first-order valence-electron chi connectivity index (χ1n) is 6.09. The molecule has 3 aromatic rings. The quantitative estimate of drug-likeness (QED) is 0.695. The van der Waals surface area contributed by atoms with E-state index in [2.05, 4.69) is 21.2 Å². The molecule has 1 heterocycles. The van der Waals surface area contributed by atoms with Crippen molar-refractivity contribution < 1.29 is 9.18 Å². The molecular formula is C15H10BrFN2OS. The van der Waals surface area contributed by atoms with Gasteiger partial charge in [0.2, 0.25) is 0 Å². The molecule has 0 aliphatic carbocycles. The second-order valence-electron chi connectivity index (χ2n) is 4.45. The first-order valence-corrected chi connectivity index (χ1v) is 7.70. The highest BCUT2D eigenvalue weighted by Crippen LogP contribution is 2.35. The molecule has 0 aliphatic rings. The Balaban J connectivity index is 1.96. The average molecular weight is 365 g/mol. The Bertz CT molecular complexity index is 847. The Morgan fingerprint density at radius 3 is 2.81 bits per heavy atom. The van der Waals surface area contributed by atoms with Gasteiger partial charge in [-0.25, -0.2) is 4.39 Å². The molecule has 0 bridgehead atoms. The van der Waals surface area contributed by atoms with Crippen LogP contribution in [0.5, 0.6) is 0 Å². The Kier molecular flexibility index (Phi) is 3.65. The summed E-state index contributed by atoms with van der Waals surface area (Å²) in [6.07, 6.45) is 0. The molecule has 0 unspecified atom stereocenters. The van der Waals surface area contributed by atoms with Crippen LogP contribution in [-0.4, -0.2) is 5.91 Å². The van der Waals surface area contributed by atoms with Crippen molar-refractivity contribution in [1.82, 2.24) is 0 Å². The van der Waals surface area contributed by atoms with E-state index in [1.807, 2.05) is 18.2 Å². The van der Waals surface area contributed by atoms with Crippen molar-refractivity contribution >= 4 is 54.6 Å². The molecule has 0 saturated carbocycles. The Hall–Kier alpha value is -1.92. The normalized spacial score (nSPS) is 10.8. The van der Waals surface area contributed by atoms with Crippen molar-refractivity contribution in [2.45, 2.75) is 0 Å². The van der Waals surface area contributed by atoms with Crippen LogP contribution in [0.25, 0.3) is 10.1 Å². The largest absolute Gasteiger partial charge is 0.397 e. The van der Waals surface area contributed by atoms with E-state index in [-0.39, 0.29) is 5.91 Å². The standard InChI is InChI=1S/C15H10BrFN2OS/c16-8-4-5-11-12(6-8)21-14(13(11)18)15(20)19-10-3-1-2-9(17)7-10/h1-7H,18H2,(H,19,20). The maximum absolute atomic E-state index is 13.1. The van der Waals surface area contributed by atoms with Crippen molar-refractivity contribution in [3.05, 3.63) is 57.6 Å². The minimum atomic E-state index is -0.402. The second-order valence-corrected chi connectivity index (χ2v) is 6.42. The van der Waals surface area contributed by atoms with Gasteiger partial charge in [0.1, 0.15) is 10.7 Å². The highest BCUT2D eigenvalue weighted by atomic mass is 79.9. The van der Waals surface area contributed by atoms with Gasteiger partial charge in [-0.1, -0.05) is 28.1 Å². The summed E-state index contributed by atoms with van der Waals surface area (Å²) in [6.45, 7) is 0. The van der Waals surface area contributed by atoms with Gasteiger partial charge >= 0.3 is 0 Å². The van der Waals surface area contributed by atoms with Crippen molar-refractivity contribution in [3.8, 4) is 0 Å². The molecule has 0 radical (unpaired) electrons. The number of carbonyl (C=O) groups is 1. The number of hydrogen-bond acceptors (Lipinski definition) is 3. The Morgan fingerprint density at radius 2 is 2.05 bits per heavy atom. The number of carbonyl (C=O) groups excluding carboxylic acids is 1. The molecule has 1 amide bonds. The minimum Gasteiger partial charge on any atom is -0.397 e. The SMILES string of the molecule is Nc1c(C(=O)Nc2cccc(F)c2)sc2cc(Br)ccc12. The van der Waals surface area contributed by atoms with E-state index >= 15 is 0 Å². The monoisotopic (exact) mass is 364 g/mol. The average Bonchev–Trinajstić information content (AvgIpc) is 2.75. The molecule has 106 valence electrons.